The van der Waals surface area contributed by atoms with Crippen molar-refractivity contribution in [1.82, 2.24) is 9.62 Å². The van der Waals surface area contributed by atoms with Crippen molar-refractivity contribution in [3.8, 4) is 0 Å². The summed E-state index contributed by atoms with van der Waals surface area (Å²) in [4.78, 5) is 0. The second-order valence-corrected chi connectivity index (χ2v) is 7.78. The SMILES string of the molecule is CNCC1CCN(S(=O)(=O)Cc2ccccc2C(F)(F)F)CC1. The van der Waals surface area contributed by atoms with Crippen LogP contribution in [0.5, 0.6) is 0 Å². The summed E-state index contributed by atoms with van der Waals surface area (Å²) in [7, 11) is -1.90. The molecule has 8 heteroatoms. The molecule has 1 fully saturated rings. The van der Waals surface area contributed by atoms with Crippen LogP contribution in [0.3, 0.4) is 0 Å². The van der Waals surface area contributed by atoms with Crippen molar-refractivity contribution in [1.29, 1.82) is 0 Å². The van der Waals surface area contributed by atoms with Crippen molar-refractivity contribution in [3.05, 3.63) is 35.4 Å². The van der Waals surface area contributed by atoms with Gasteiger partial charge in [0.1, 0.15) is 0 Å². The zero-order chi connectivity index (χ0) is 17.1. The molecule has 0 aliphatic carbocycles. The number of nitrogens with zero attached hydrogens (tertiary/aromatic N) is 1. The Labute approximate surface area is 134 Å². The van der Waals surface area contributed by atoms with Crippen LogP contribution in [0.15, 0.2) is 24.3 Å². The predicted octanol–water partition coefficient (Wildman–Crippen LogP) is 2.47. The van der Waals surface area contributed by atoms with Gasteiger partial charge in [0.2, 0.25) is 10.0 Å². The Morgan fingerprint density at radius 3 is 2.39 bits per heavy atom. The molecule has 0 saturated carbocycles. The zero-order valence-electron chi connectivity index (χ0n) is 12.9. The average Bonchev–Trinajstić information content (AvgIpc) is 2.47. The number of alkyl halides is 3. The number of benzene rings is 1. The minimum absolute atomic E-state index is 0.197. The number of halogens is 3. The number of rotatable bonds is 5. The lowest BCUT2D eigenvalue weighted by Gasteiger charge is -2.31. The fourth-order valence-electron chi connectivity index (χ4n) is 2.89. The molecule has 1 aliphatic heterocycles. The summed E-state index contributed by atoms with van der Waals surface area (Å²) < 4.78 is 65.2. The summed E-state index contributed by atoms with van der Waals surface area (Å²) >= 11 is 0. The highest BCUT2D eigenvalue weighted by Crippen LogP contribution is 2.33. The van der Waals surface area contributed by atoms with E-state index in [1.165, 1.54) is 22.5 Å². The van der Waals surface area contributed by atoms with Gasteiger partial charge in [0.15, 0.2) is 0 Å². The predicted molar refractivity (Wildman–Crippen MR) is 82.3 cm³/mol. The third kappa shape index (κ3) is 4.68. The molecule has 1 N–H and O–H groups in total. The minimum atomic E-state index is -4.55. The Morgan fingerprint density at radius 1 is 1.22 bits per heavy atom. The van der Waals surface area contributed by atoms with Crippen LogP contribution in [0.25, 0.3) is 0 Å². The molecule has 0 spiro atoms. The molecular formula is C15H21F3N2O2S. The largest absolute Gasteiger partial charge is 0.416 e. The lowest BCUT2D eigenvalue weighted by molar-refractivity contribution is -0.138. The fraction of sp³-hybridized carbons (Fsp3) is 0.600. The van der Waals surface area contributed by atoms with Gasteiger partial charge in [0.05, 0.1) is 11.3 Å². The Kier molecular flexibility index (Phi) is 5.70. The first kappa shape index (κ1) is 18.2. The highest BCUT2D eigenvalue weighted by molar-refractivity contribution is 7.88. The maximum Gasteiger partial charge on any atom is 0.416 e. The Bertz CT molecular complexity index is 624. The molecule has 0 bridgehead atoms. The minimum Gasteiger partial charge on any atom is -0.319 e. The first-order valence-electron chi connectivity index (χ1n) is 7.51. The second-order valence-electron chi connectivity index (χ2n) is 5.81. The van der Waals surface area contributed by atoms with Gasteiger partial charge in [-0.15, -0.1) is 0 Å². The van der Waals surface area contributed by atoms with Crippen molar-refractivity contribution >= 4 is 10.0 Å². The number of sulfonamides is 1. The molecule has 130 valence electrons. The van der Waals surface area contributed by atoms with E-state index >= 15 is 0 Å². The number of nitrogens with one attached hydrogen (secondary N) is 1. The molecule has 0 amide bonds. The molecule has 0 atom stereocenters. The topological polar surface area (TPSA) is 49.4 Å². The first-order valence-corrected chi connectivity index (χ1v) is 9.12. The molecule has 1 aromatic carbocycles. The van der Waals surface area contributed by atoms with Gasteiger partial charge in [0.25, 0.3) is 0 Å². The fourth-order valence-corrected chi connectivity index (χ4v) is 4.49. The van der Waals surface area contributed by atoms with Gasteiger partial charge in [-0.1, -0.05) is 18.2 Å². The van der Waals surface area contributed by atoms with E-state index in [2.05, 4.69) is 5.32 Å². The van der Waals surface area contributed by atoms with Crippen LogP contribution in [0.4, 0.5) is 13.2 Å². The van der Waals surface area contributed by atoms with Crippen molar-refractivity contribution < 1.29 is 21.6 Å². The monoisotopic (exact) mass is 350 g/mol. The number of piperidine rings is 1. The van der Waals surface area contributed by atoms with Gasteiger partial charge < -0.3 is 5.32 Å². The number of hydrogen-bond donors (Lipinski definition) is 1. The van der Waals surface area contributed by atoms with Gasteiger partial charge in [-0.2, -0.15) is 13.2 Å². The highest BCUT2D eigenvalue weighted by atomic mass is 32.2. The molecule has 0 unspecified atom stereocenters. The molecule has 4 nitrogen and oxygen atoms in total. The lowest BCUT2D eigenvalue weighted by atomic mass is 9.98. The van der Waals surface area contributed by atoms with E-state index in [9.17, 15) is 21.6 Å². The summed E-state index contributed by atoms with van der Waals surface area (Å²) in [5, 5.41) is 3.06. The van der Waals surface area contributed by atoms with Crippen LogP contribution in [-0.2, 0) is 22.0 Å². The van der Waals surface area contributed by atoms with Gasteiger partial charge in [0, 0.05) is 13.1 Å². The Balaban J connectivity index is 2.11. The van der Waals surface area contributed by atoms with E-state index in [0.717, 1.165) is 25.5 Å². The maximum absolute atomic E-state index is 13.0. The second kappa shape index (κ2) is 7.19. The Morgan fingerprint density at radius 2 is 1.83 bits per heavy atom. The molecule has 1 heterocycles. The van der Waals surface area contributed by atoms with E-state index in [1.54, 1.807) is 0 Å². The van der Waals surface area contributed by atoms with E-state index in [-0.39, 0.29) is 5.56 Å². The van der Waals surface area contributed by atoms with E-state index in [1.807, 2.05) is 7.05 Å². The summed E-state index contributed by atoms with van der Waals surface area (Å²) in [5.41, 5.74) is -1.08. The summed E-state index contributed by atoms with van der Waals surface area (Å²) in [5.74, 6) is -0.201. The summed E-state index contributed by atoms with van der Waals surface area (Å²) in [6.07, 6.45) is -3.10. The molecule has 0 aromatic heterocycles. The highest BCUT2D eigenvalue weighted by Gasteiger charge is 2.35. The van der Waals surface area contributed by atoms with Crippen molar-refractivity contribution in [3.63, 3.8) is 0 Å². The van der Waals surface area contributed by atoms with Crippen LogP contribution < -0.4 is 5.32 Å². The lowest BCUT2D eigenvalue weighted by Crippen LogP contribution is -2.41. The molecule has 1 saturated heterocycles. The van der Waals surface area contributed by atoms with E-state index in [0.29, 0.717) is 19.0 Å². The first-order chi connectivity index (χ1) is 10.7. The van der Waals surface area contributed by atoms with Crippen LogP contribution in [0.2, 0.25) is 0 Å². The number of hydrogen-bond acceptors (Lipinski definition) is 3. The molecule has 2 rings (SSSR count). The van der Waals surface area contributed by atoms with Crippen LogP contribution >= 0.6 is 0 Å². The molecule has 1 aliphatic rings. The van der Waals surface area contributed by atoms with E-state index in [4.69, 9.17) is 0 Å². The van der Waals surface area contributed by atoms with Crippen LogP contribution in [0, 0.1) is 5.92 Å². The average molecular weight is 350 g/mol. The molecular weight excluding hydrogens is 329 g/mol. The normalized spacial score (nSPS) is 18.3. The third-order valence-corrected chi connectivity index (χ3v) is 5.95. The van der Waals surface area contributed by atoms with Crippen LogP contribution in [0.1, 0.15) is 24.0 Å². The van der Waals surface area contributed by atoms with Crippen LogP contribution in [-0.4, -0.2) is 39.4 Å². The zero-order valence-corrected chi connectivity index (χ0v) is 13.8. The maximum atomic E-state index is 13.0. The van der Waals surface area contributed by atoms with Gasteiger partial charge in [-0.25, -0.2) is 12.7 Å². The van der Waals surface area contributed by atoms with Gasteiger partial charge in [-0.05, 0) is 44.0 Å². The summed E-state index contributed by atoms with van der Waals surface area (Å²) in [6.45, 7) is 1.55. The molecule has 1 aromatic rings. The van der Waals surface area contributed by atoms with Crippen molar-refractivity contribution in [2.45, 2.75) is 24.8 Å². The molecule has 0 radical (unpaired) electrons. The quantitative estimate of drug-likeness (QED) is 0.888. The standard InChI is InChI=1S/C15H21F3N2O2S/c1-19-10-12-6-8-20(9-7-12)23(21,22)11-13-4-2-3-5-14(13)15(16,17)18/h2-5,12,19H,6-11H2,1H3. The van der Waals surface area contributed by atoms with Crippen molar-refractivity contribution in [2.24, 2.45) is 5.92 Å². The summed E-state index contributed by atoms with van der Waals surface area (Å²) in [6, 6.07) is 4.85. The Hall–Kier alpha value is -1.12. The molecule has 23 heavy (non-hydrogen) atoms. The third-order valence-electron chi connectivity index (χ3n) is 4.12. The van der Waals surface area contributed by atoms with E-state index < -0.39 is 27.5 Å². The smallest absolute Gasteiger partial charge is 0.319 e. The van der Waals surface area contributed by atoms with Crippen molar-refractivity contribution in [2.75, 3.05) is 26.7 Å². The van der Waals surface area contributed by atoms with Gasteiger partial charge >= 0.3 is 6.18 Å². The van der Waals surface area contributed by atoms with Gasteiger partial charge in [-0.3, -0.25) is 0 Å².